The zero-order chi connectivity index (χ0) is 11.1. The second-order valence-corrected chi connectivity index (χ2v) is 4.18. The van der Waals surface area contributed by atoms with Crippen molar-refractivity contribution in [3.05, 3.63) is 35.4 Å². The molecule has 1 atom stereocenters. The van der Waals surface area contributed by atoms with Crippen molar-refractivity contribution in [3.63, 3.8) is 0 Å². The highest BCUT2D eigenvalue weighted by Crippen LogP contribution is 2.13. The van der Waals surface area contributed by atoms with Gasteiger partial charge in [0.15, 0.2) is 0 Å². The molecule has 0 radical (unpaired) electrons. The van der Waals surface area contributed by atoms with Crippen molar-refractivity contribution in [1.29, 1.82) is 5.26 Å². The van der Waals surface area contributed by atoms with Crippen molar-refractivity contribution in [2.75, 3.05) is 0 Å². The van der Waals surface area contributed by atoms with Crippen molar-refractivity contribution < 1.29 is 0 Å². The molecule has 0 heterocycles. The Bertz CT molecular complexity index is 318. The third kappa shape index (κ3) is 4.16. The summed E-state index contributed by atoms with van der Waals surface area (Å²) in [5, 5.41) is 8.55. The maximum atomic E-state index is 8.55. The molecule has 0 N–H and O–H groups in total. The minimum atomic E-state index is 0.515. The largest absolute Gasteiger partial charge is 0.198 e. The van der Waals surface area contributed by atoms with Crippen LogP contribution in [0.25, 0.3) is 0 Å². The van der Waals surface area contributed by atoms with Crippen LogP contribution >= 0.6 is 0 Å². The zero-order valence-electron chi connectivity index (χ0n) is 9.66. The molecule has 0 aliphatic rings. The first-order valence-corrected chi connectivity index (χ1v) is 5.71. The van der Waals surface area contributed by atoms with E-state index in [2.05, 4.69) is 44.2 Å². The first kappa shape index (κ1) is 11.8. The van der Waals surface area contributed by atoms with Gasteiger partial charge in [0.2, 0.25) is 0 Å². The van der Waals surface area contributed by atoms with Gasteiger partial charge in [-0.3, -0.25) is 0 Å². The number of hydrogen-bond acceptors (Lipinski definition) is 1. The molecule has 0 aliphatic carbocycles. The maximum absolute atomic E-state index is 8.55. The molecule has 80 valence electrons. The number of benzene rings is 1. The van der Waals surface area contributed by atoms with Gasteiger partial charge in [0.05, 0.1) is 6.07 Å². The van der Waals surface area contributed by atoms with Crippen LogP contribution in [0.1, 0.15) is 37.8 Å². The van der Waals surface area contributed by atoms with Gasteiger partial charge in [-0.15, -0.1) is 0 Å². The van der Waals surface area contributed by atoms with Gasteiger partial charge in [-0.2, -0.15) is 5.26 Å². The van der Waals surface area contributed by atoms with Crippen molar-refractivity contribution in [1.82, 2.24) is 0 Å². The van der Waals surface area contributed by atoms with Crippen LogP contribution in [-0.2, 0) is 12.8 Å². The molecule has 1 aromatic carbocycles. The summed E-state index contributed by atoms with van der Waals surface area (Å²) in [4.78, 5) is 0. The SMILES string of the molecule is CCc1ccc(CCC(C)CC#N)cc1. The lowest BCUT2D eigenvalue weighted by Gasteiger charge is -2.07. The van der Waals surface area contributed by atoms with Crippen molar-refractivity contribution in [3.8, 4) is 6.07 Å². The highest BCUT2D eigenvalue weighted by atomic mass is 14.2. The number of nitrogens with zero attached hydrogens (tertiary/aromatic N) is 1. The first-order chi connectivity index (χ1) is 7.26. The van der Waals surface area contributed by atoms with Gasteiger partial charge in [-0.05, 0) is 36.3 Å². The van der Waals surface area contributed by atoms with Crippen LogP contribution in [0.2, 0.25) is 0 Å². The van der Waals surface area contributed by atoms with E-state index in [9.17, 15) is 0 Å². The van der Waals surface area contributed by atoms with Gasteiger partial charge >= 0.3 is 0 Å². The van der Waals surface area contributed by atoms with Gasteiger partial charge in [0.25, 0.3) is 0 Å². The molecule has 0 bridgehead atoms. The summed E-state index contributed by atoms with van der Waals surface area (Å²) in [7, 11) is 0. The fourth-order valence-electron chi connectivity index (χ4n) is 1.61. The Labute approximate surface area is 92.7 Å². The summed E-state index contributed by atoms with van der Waals surface area (Å²) in [6.45, 7) is 4.31. The van der Waals surface area contributed by atoms with E-state index in [4.69, 9.17) is 5.26 Å². The van der Waals surface area contributed by atoms with Gasteiger partial charge in [0, 0.05) is 6.42 Å². The van der Waals surface area contributed by atoms with Crippen LogP contribution in [0.3, 0.4) is 0 Å². The molecule has 0 saturated heterocycles. The van der Waals surface area contributed by atoms with Crippen LogP contribution in [0.4, 0.5) is 0 Å². The quantitative estimate of drug-likeness (QED) is 0.712. The summed E-state index contributed by atoms with van der Waals surface area (Å²) < 4.78 is 0. The number of hydrogen-bond donors (Lipinski definition) is 0. The Morgan fingerprint density at radius 1 is 1.20 bits per heavy atom. The lowest BCUT2D eigenvalue weighted by Crippen LogP contribution is -1.96. The Hall–Kier alpha value is -1.29. The van der Waals surface area contributed by atoms with Crippen molar-refractivity contribution in [2.45, 2.75) is 39.5 Å². The summed E-state index contributed by atoms with van der Waals surface area (Å²) in [5.74, 6) is 0.515. The smallest absolute Gasteiger partial charge is 0.0624 e. The summed E-state index contributed by atoms with van der Waals surface area (Å²) >= 11 is 0. The average Bonchev–Trinajstić information content (AvgIpc) is 2.27. The van der Waals surface area contributed by atoms with Gasteiger partial charge in [0.1, 0.15) is 0 Å². The second-order valence-electron chi connectivity index (χ2n) is 4.18. The predicted octanol–water partition coefficient (Wildman–Crippen LogP) is 3.73. The summed E-state index contributed by atoms with van der Waals surface area (Å²) in [6, 6.07) is 11.0. The molecule has 0 saturated carbocycles. The molecule has 15 heavy (non-hydrogen) atoms. The fraction of sp³-hybridized carbons (Fsp3) is 0.500. The molecule has 0 aromatic heterocycles. The van der Waals surface area contributed by atoms with Crippen LogP contribution in [-0.4, -0.2) is 0 Å². The highest BCUT2D eigenvalue weighted by molar-refractivity contribution is 5.22. The standard InChI is InChI=1S/C14H19N/c1-3-13-6-8-14(9-7-13)5-4-12(2)10-11-15/h6-9,12H,3-5,10H2,1-2H3. The van der Waals surface area contributed by atoms with E-state index < -0.39 is 0 Å². The van der Waals surface area contributed by atoms with Crippen LogP contribution in [0.5, 0.6) is 0 Å². The number of rotatable bonds is 5. The van der Waals surface area contributed by atoms with E-state index in [-0.39, 0.29) is 0 Å². The third-order valence-corrected chi connectivity index (χ3v) is 2.80. The van der Waals surface area contributed by atoms with E-state index in [1.54, 1.807) is 0 Å². The molecule has 1 heteroatoms. The van der Waals surface area contributed by atoms with E-state index in [1.165, 1.54) is 11.1 Å². The van der Waals surface area contributed by atoms with E-state index in [1.807, 2.05) is 0 Å². The van der Waals surface area contributed by atoms with Crippen LogP contribution in [0.15, 0.2) is 24.3 Å². The molecule has 0 aliphatic heterocycles. The lowest BCUT2D eigenvalue weighted by molar-refractivity contribution is 0.545. The molecule has 1 unspecified atom stereocenters. The summed E-state index contributed by atoms with van der Waals surface area (Å²) in [5.41, 5.74) is 2.78. The molecular formula is C14H19N. The molecule has 1 aromatic rings. The molecule has 0 fully saturated rings. The minimum Gasteiger partial charge on any atom is -0.198 e. The average molecular weight is 201 g/mol. The maximum Gasteiger partial charge on any atom is 0.0624 e. The Balaban J connectivity index is 2.41. The molecule has 0 amide bonds. The molecular weight excluding hydrogens is 182 g/mol. The van der Waals surface area contributed by atoms with Gasteiger partial charge in [-0.1, -0.05) is 38.1 Å². The van der Waals surface area contributed by atoms with Gasteiger partial charge < -0.3 is 0 Å². The van der Waals surface area contributed by atoms with E-state index in [0.29, 0.717) is 12.3 Å². The zero-order valence-corrected chi connectivity index (χ0v) is 9.66. The van der Waals surface area contributed by atoms with E-state index in [0.717, 1.165) is 19.3 Å². The topological polar surface area (TPSA) is 23.8 Å². The summed E-state index contributed by atoms with van der Waals surface area (Å²) in [6.07, 6.45) is 3.98. The molecule has 0 spiro atoms. The Morgan fingerprint density at radius 3 is 2.33 bits per heavy atom. The molecule has 1 rings (SSSR count). The molecule has 1 nitrogen and oxygen atoms in total. The Morgan fingerprint density at radius 2 is 1.80 bits per heavy atom. The highest BCUT2D eigenvalue weighted by Gasteiger charge is 2.01. The van der Waals surface area contributed by atoms with Gasteiger partial charge in [-0.25, -0.2) is 0 Å². The Kier molecular flexibility index (Phi) is 4.90. The number of nitriles is 1. The normalized spacial score (nSPS) is 12.1. The lowest BCUT2D eigenvalue weighted by atomic mass is 9.98. The van der Waals surface area contributed by atoms with Crippen LogP contribution < -0.4 is 0 Å². The minimum absolute atomic E-state index is 0.515. The van der Waals surface area contributed by atoms with Crippen molar-refractivity contribution in [2.24, 2.45) is 5.92 Å². The predicted molar refractivity (Wildman–Crippen MR) is 63.5 cm³/mol. The second kappa shape index (κ2) is 6.24. The third-order valence-electron chi connectivity index (χ3n) is 2.80. The van der Waals surface area contributed by atoms with Crippen molar-refractivity contribution >= 4 is 0 Å². The monoisotopic (exact) mass is 201 g/mol. The fourth-order valence-corrected chi connectivity index (χ4v) is 1.61. The van der Waals surface area contributed by atoms with E-state index >= 15 is 0 Å². The first-order valence-electron chi connectivity index (χ1n) is 5.71. The van der Waals surface area contributed by atoms with Crippen LogP contribution in [0, 0.1) is 17.2 Å². The number of aryl methyl sites for hydroxylation is 2.